The summed E-state index contributed by atoms with van der Waals surface area (Å²) in [5, 5.41) is 16.3. The van der Waals surface area contributed by atoms with E-state index in [1.165, 1.54) is 6.07 Å². The minimum absolute atomic E-state index is 0.109. The predicted molar refractivity (Wildman–Crippen MR) is 97.4 cm³/mol. The van der Waals surface area contributed by atoms with E-state index >= 15 is 0 Å². The van der Waals surface area contributed by atoms with Crippen molar-refractivity contribution in [2.24, 2.45) is 0 Å². The largest absolute Gasteiger partial charge is 0.433 e. The van der Waals surface area contributed by atoms with Crippen molar-refractivity contribution < 1.29 is 31.4 Å². The first kappa shape index (κ1) is 23.4. The van der Waals surface area contributed by atoms with Gasteiger partial charge in [-0.1, -0.05) is 25.5 Å². The molecule has 3 N–H and O–H groups in total. The molecule has 0 amide bonds. The molecule has 0 aliphatic rings. The first-order chi connectivity index (χ1) is 13.6. The monoisotopic (exact) mass is 423 g/mol. The van der Waals surface area contributed by atoms with Crippen molar-refractivity contribution in [1.82, 2.24) is 15.6 Å². The second-order valence-corrected chi connectivity index (χ2v) is 6.62. The zero-order chi connectivity index (χ0) is 21.7. The number of pyridine rings is 1. The van der Waals surface area contributed by atoms with Gasteiger partial charge in [-0.2, -0.15) is 26.3 Å². The molecule has 0 fully saturated rings. The van der Waals surface area contributed by atoms with Crippen LogP contribution in [0.3, 0.4) is 0 Å². The topological polar surface area (TPSA) is 57.2 Å². The van der Waals surface area contributed by atoms with Crippen molar-refractivity contribution in [3.8, 4) is 0 Å². The van der Waals surface area contributed by atoms with Crippen molar-refractivity contribution in [2.75, 3.05) is 26.2 Å². The van der Waals surface area contributed by atoms with E-state index in [0.717, 1.165) is 25.5 Å². The Balaban J connectivity index is 2.29. The van der Waals surface area contributed by atoms with E-state index < -0.39 is 35.2 Å². The minimum atomic E-state index is -4.95. The van der Waals surface area contributed by atoms with Gasteiger partial charge in [0, 0.05) is 25.0 Å². The summed E-state index contributed by atoms with van der Waals surface area (Å²) in [5.74, 6) is 0. The normalized spacial score (nSPS) is 13.8. The number of hydrogen-bond acceptors (Lipinski definition) is 4. The third-order valence-corrected chi connectivity index (χ3v) is 4.35. The SMILES string of the molecule is CCCCNCCNCC(O)c1cc(C(F)(F)F)nc2c(C(F)(F)F)cccc12. The minimum Gasteiger partial charge on any atom is -0.387 e. The lowest BCUT2D eigenvalue weighted by atomic mass is 9.99. The number of unbranched alkanes of at least 4 members (excludes halogenated alkanes) is 1. The van der Waals surface area contributed by atoms with E-state index in [0.29, 0.717) is 25.2 Å². The summed E-state index contributed by atoms with van der Waals surface area (Å²) < 4.78 is 79.3. The number of aliphatic hydroxyl groups is 1. The number of nitrogens with zero attached hydrogens (tertiary/aromatic N) is 1. The summed E-state index contributed by atoms with van der Waals surface area (Å²) in [7, 11) is 0. The van der Waals surface area contributed by atoms with Crippen molar-refractivity contribution >= 4 is 10.9 Å². The Hall–Kier alpha value is -1.91. The third-order valence-electron chi connectivity index (χ3n) is 4.35. The Labute approximate surface area is 164 Å². The smallest absolute Gasteiger partial charge is 0.387 e. The van der Waals surface area contributed by atoms with Crippen molar-refractivity contribution in [1.29, 1.82) is 0 Å². The molecule has 0 radical (unpaired) electrons. The maximum atomic E-state index is 13.3. The van der Waals surface area contributed by atoms with Crippen LogP contribution in [0.4, 0.5) is 26.3 Å². The van der Waals surface area contributed by atoms with Crippen LogP contribution in [0.2, 0.25) is 0 Å². The van der Waals surface area contributed by atoms with E-state index in [2.05, 4.69) is 22.5 Å². The quantitative estimate of drug-likeness (QED) is 0.416. The van der Waals surface area contributed by atoms with Gasteiger partial charge in [-0.3, -0.25) is 0 Å². The highest BCUT2D eigenvalue weighted by Crippen LogP contribution is 2.38. The fourth-order valence-electron chi connectivity index (χ4n) is 2.88. The Morgan fingerprint density at radius 1 is 1.00 bits per heavy atom. The Morgan fingerprint density at radius 3 is 2.31 bits per heavy atom. The summed E-state index contributed by atoms with van der Waals surface area (Å²) in [6.07, 6.45) is -9.21. The standard InChI is InChI=1S/C19H23F6N3O/c1-2-3-7-26-8-9-27-11-15(29)13-10-16(19(23,24)25)28-17-12(13)5-4-6-14(17)18(20,21)22/h4-6,10,15,26-27,29H,2-3,7-9,11H2,1H3. The van der Waals surface area contributed by atoms with Crippen LogP contribution in [0.25, 0.3) is 10.9 Å². The molecule has 29 heavy (non-hydrogen) atoms. The summed E-state index contributed by atoms with van der Waals surface area (Å²) in [6, 6.07) is 3.59. The summed E-state index contributed by atoms with van der Waals surface area (Å²) in [6.45, 7) is 3.81. The number of alkyl halides is 6. The molecule has 1 atom stereocenters. The first-order valence-electron chi connectivity index (χ1n) is 9.23. The van der Waals surface area contributed by atoms with Crippen LogP contribution in [0.5, 0.6) is 0 Å². The molecule has 162 valence electrons. The molecule has 1 unspecified atom stereocenters. The molecule has 0 saturated heterocycles. The molecule has 2 aromatic rings. The summed E-state index contributed by atoms with van der Waals surface area (Å²) >= 11 is 0. The third kappa shape index (κ3) is 6.28. The highest BCUT2D eigenvalue weighted by molar-refractivity contribution is 5.86. The van der Waals surface area contributed by atoms with E-state index in [9.17, 15) is 31.4 Å². The lowest BCUT2D eigenvalue weighted by Crippen LogP contribution is -2.30. The van der Waals surface area contributed by atoms with Crippen LogP contribution in [0.1, 0.15) is 42.7 Å². The second-order valence-electron chi connectivity index (χ2n) is 6.62. The maximum absolute atomic E-state index is 13.3. The van der Waals surface area contributed by atoms with Crippen molar-refractivity contribution in [3.63, 3.8) is 0 Å². The number of aromatic nitrogens is 1. The molecule has 1 aromatic carbocycles. The lowest BCUT2D eigenvalue weighted by molar-refractivity contribution is -0.142. The summed E-state index contributed by atoms with van der Waals surface area (Å²) in [4.78, 5) is 3.21. The number of benzene rings is 1. The van der Waals surface area contributed by atoms with Crippen LogP contribution < -0.4 is 10.6 Å². The molecule has 2 rings (SSSR count). The van der Waals surface area contributed by atoms with Crippen molar-refractivity contribution in [2.45, 2.75) is 38.2 Å². The fourth-order valence-corrected chi connectivity index (χ4v) is 2.88. The first-order valence-corrected chi connectivity index (χ1v) is 9.23. The molecular formula is C19H23F6N3O. The van der Waals surface area contributed by atoms with Gasteiger partial charge in [0.2, 0.25) is 0 Å². The fraction of sp³-hybridized carbons (Fsp3) is 0.526. The van der Waals surface area contributed by atoms with Gasteiger partial charge in [0.15, 0.2) is 0 Å². The van der Waals surface area contributed by atoms with Gasteiger partial charge in [-0.05, 0) is 30.7 Å². The van der Waals surface area contributed by atoms with E-state index in [-0.39, 0.29) is 17.5 Å². The highest BCUT2D eigenvalue weighted by Gasteiger charge is 2.37. The van der Waals surface area contributed by atoms with Crippen LogP contribution in [-0.4, -0.2) is 36.3 Å². The number of halogens is 6. The molecule has 0 spiro atoms. The maximum Gasteiger partial charge on any atom is 0.433 e. The van der Waals surface area contributed by atoms with Gasteiger partial charge in [-0.15, -0.1) is 0 Å². The van der Waals surface area contributed by atoms with Crippen molar-refractivity contribution in [3.05, 3.63) is 41.1 Å². The van der Waals surface area contributed by atoms with Crippen LogP contribution in [-0.2, 0) is 12.4 Å². The highest BCUT2D eigenvalue weighted by atomic mass is 19.4. The van der Waals surface area contributed by atoms with Crippen LogP contribution >= 0.6 is 0 Å². The van der Waals surface area contributed by atoms with Gasteiger partial charge in [0.1, 0.15) is 5.69 Å². The molecular weight excluding hydrogens is 400 g/mol. The number of para-hydroxylation sites is 1. The average molecular weight is 423 g/mol. The predicted octanol–water partition coefficient (Wildman–Crippen LogP) is 4.29. The Bertz CT molecular complexity index is 807. The zero-order valence-corrected chi connectivity index (χ0v) is 15.8. The number of rotatable bonds is 9. The Morgan fingerprint density at radius 2 is 1.69 bits per heavy atom. The molecule has 0 saturated carbocycles. The van der Waals surface area contributed by atoms with Gasteiger partial charge >= 0.3 is 12.4 Å². The Kier molecular flexibility index (Phi) is 7.84. The van der Waals surface area contributed by atoms with E-state index in [1.807, 2.05) is 0 Å². The van der Waals surface area contributed by atoms with Gasteiger partial charge in [-0.25, -0.2) is 4.98 Å². The van der Waals surface area contributed by atoms with E-state index in [4.69, 9.17) is 0 Å². The molecule has 0 bridgehead atoms. The number of hydrogen-bond donors (Lipinski definition) is 3. The molecule has 10 heteroatoms. The van der Waals surface area contributed by atoms with Crippen LogP contribution in [0.15, 0.2) is 24.3 Å². The number of aliphatic hydroxyl groups excluding tert-OH is 1. The van der Waals surface area contributed by atoms with Gasteiger partial charge in [0.25, 0.3) is 0 Å². The summed E-state index contributed by atoms with van der Waals surface area (Å²) in [5.41, 5.74) is -3.83. The molecule has 0 aliphatic carbocycles. The molecule has 0 aliphatic heterocycles. The zero-order valence-electron chi connectivity index (χ0n) is 15.8. The number of fused-ring (bicyclic) bond motifs is 1. The molecule has 4 nitrogen and oxygen atoms in total. The molecule has 1 heterocycles. The molecule has 1 aromatic heterocycles. The number of nitrogens with one attached hydrogen (secondary N) is 2. The van der Waals surface area contributed by atoms with Gasteiger partial charge < -0.3 is 15.7 Å². The van der Waals surface area contributed by atoms with Gasteiger partial charge in [0.05, 0.1) is 17.2 Å². The van der Waals surface area contributed by atoms with E-state index in [1.54, 1.807) is 0 Å². The lowest BCUT2D eigenvalue weighted by Gasteiger charge is -2.19. The average Bonchev–Trinajstić information content (AvgIpc) is 2.64. The second kappa shape index (κ2) is 9.73. The van der Waals surface area contributed by atoms with Crippen LogP contribution in [0, 0.1) is 0 Å².